The summed E-state index contributed by atoms with van der Waals surface area (Å²) in [5.41, 5.74) is 15.6. The van der Waals surface area contributed by atoms with Gasteiger partial charge in [-0.3, -0.25) is 14.6 Å². The second kappa shape index (κ2) is 9.03. The van der Waals surface area contributed by atoms with Gasteiger partial charge in [0.05, 0.1) is 12.6 Å². The van der Waals surface area contributed by atoms with E-state index in [9.17, 15) is 24.6 Å². The number of aliphatic carboxylic acids is 1. The number of hydrogen-bond donors (Lipinski definition) is 6. The predicted molar refractivity (Wildman–Crippen MR) is 84.7 cm³/mol. The number of nitrogens with zero attached hydrogens (tertiary/aromatic N) is 2. The fraction of sp³-hybridized carbons (Fsp3) is 0.692. The van der Waals surface area contributed by atoms with E-state index in [2.05, 4.69) is 10.3 Å². The summed E-state index contributed by atoms with van der Waals surface area (Å²) in [6.07, 6.45) is -0.328. The number of carbonyl (C=O) groups is 3. The number of guanidine groups is 1. The summed E-state index contributed by atoms with van der Waals surface area (Å²) in [6.45, 7) is -0.0599. The number of amides is 2. The lowest BCUT2D eigenvalue weighted by molar-refractivity contribution is -0.143. The van der Waals surface area contributed by atoms with Gasteiger partial charge in [0.2, 0.25) is 11.8 Å². The molecule has 1 aliphatic rings. The van der Waals surface area contributed by atoms with Crippen LogP contribution in [0.1, 0.15) is 19.3 Å². The summed E-state index contributed by atoms with van der Waals surface area (Å²) in [6, 6.07) is -2.07. The molecule has 0 saturated carbocycles. The first kappa shape index (κ1) is 19.6. The van der Waals surface area contributed by atoms with Crippen LogP contribution in [0, 0.1) is 0 Å². The second-order valence-corrected chi connectivity index (χ2v) is 5.50. The molecule has 1 fully saturated rings. The number of aliphatic imine (C=N–C) groups is 1. The predicted octanol–water partition coefficient (Wildman–Crippen LogP) is -3.47. The van der Waals surface area contributed by atoms with Crippen LogP contribution in [0.3, 0.4) is 0 Å². The fourth-order valence-electron chi connectivity index (χ4n) is 2.48. The number of rotatable bonds is 8. The Balaban J connectivity index is 2.65. The minimum absolute atomic E-state index is 0.00362. The third-order valence-corrected chi connectivity index (χ3v) is 3.64. The van der Waals surface area contributed by atoms with Gasteiger partial charge in [-0.05, 0) is 12.8 Å². The van der Waals surface area contributed by atoms with Gasteiger partial charge in [0.1, 0.15) is 12.1 Å². The molecule has 0 aromatic carbocycles. The summed E-state index contributed by atoms with van der Waals surface area (Å²) in [5, 5.41) is 21.2. The van der Waals surface area contributed by atoms with E-state index < -0.39 is 36.0 Å². The molecule has 0 aliphatic carbocycles. The number of hydrogen-bond acceptors (Lipinski definition) is 6. The van der Waals surface area contributed by atoms with Gasteiger partial charge in [0.25, 0.3) is 0 Å². The second-order valence-electron chi connectivity index (χ2n) is 5.50. The van der Waals surface area contributed by atoms with Crippen molar-refractivity contribution in [1.82, 2.24) is 10.2 Å². The van der Waals surface area contributed by atoms with Crippen LogP contribution in [0.5, 0.6) is 0 Å². The molecule has 1 aliphatic heterocycles. The molecule has 0 bridgehead atoms. The largest absolute Gasteiger partial charge is 0.480 e. The monoisotopic (exact) mass is 344 g/mol. The zero-order chi connectivity index (χ0) is 18.3. The quantitative estimate of drug-likeness (QED) is 0.148. The zero-order valence-corrected chi connectivity index (χ0v) is 13.2. The molecule has 1 saturated heterocycles. The van der Waals surface area contributed by atoms with E-state index in [1.807, 2.05) is 0 Å². The van der Waals surface area contributed by atoms with Crippen LogP contribution in [-0.4, -0.2) is 76.7 Å². The van der Waals surface area contributed by atoms with E-state index in [1.54, 1.807) is 0 Å². The van der Waals surface area contributed by atoms with Crippen LogP contribution in [-0.2, 0) is 14.4 Å². The van der Waals surface area contributed by atoms with Crippen molar-refractivity contribution >= 4 is 23.7 Å². The average Bonchev–Trinajstić information content (AvgIpc) is 2.90. The zero-order valence-electron chi connectivity index (χ0n) is 13.2. The maximum atomic E-state index is 12.3. The third-order valence-electron chi connectivity index (χ3n) is 3.64. The lowest BCUT2D eigenvalue weighted by Gasteiger charge is -2.24. The summed E-state index contributed by atoms with van der Waals surface area (Å²) in [7, 11) is 0. The van der Waals surface area contributed by atoms with Crippen molar-refractivity contribution in [3.8, 4) is 0 Å². The minimum Gasteiger partial charge on any atom is -0.480 e. The van der Waals surface area contributed by atoms with E-state index in [1.165, 1.54) is 4.90 Å². The molecule has 11 heteroatoms. The number of β-amino-alcohol motifs (C(OH)–C–C–N with tert-alkyl or cyclic N) is 1. The molecule has 0 aromatic rings. The molecule has 11 nitrogen and oxygen atoms in total. The lowest BCUT2D eigenvalue weighted by Crippen LogP contribution is -2.51. The molecule has 2 amide bonds. The van der Waals surface area contributed by atoms with Crippen molar-refractivity contribution in [3.05, 3.63) is 0 Å². The normalized spacial score (nSPS) is 21.2. The van der Waals surface area contributed by atoms with Crippen LogP contribution in [0.2, 0.25) is 0 Å². The topological polar surface area (TPSA) is 197 Å². The molecule has 0 unspecified atom stereocenters. The van der Waals surface area contributed by atoms with Crippen LogP contribution < -0.4 is 22.5 Å². The summed E-state index contributed by atoms with van der Waals surface area (Å²) >= 11 is 0. The highest BCUT2D eigenvalue weighted by atomic mass is 16.4. The Hall–Kier alpha value is -2.40. The van der Waals surface area contributed by atoms with Gasteiger partial charge >= 0.3 is 5.97 Å². The van der Waals surface area contributed by atoms with Gasteiger partial charge in [-0.25, -0.2) is 4.79 Å². The Bertz CT molecular complexity index is 507. The Morgan fingerprint density at radius 2 is 2.00 bits per heavy atom. The van der Waals surface area contributed by atoms with E-state index in [-0.39, 0.29) is 38.4 Å². The molecular formula is C13H24N6O5. The number of carboxylic acid groups (broad SMARTS) is 1. The molecule has 136 valence electrons. The number of nitrogens with one attached hydrogen (secondary N) is 1. The number of likely N-dealkylation sites (tertiary alicyclic amines) is 1. The molecule has 1 heterocycles. The van der Waals surface area contributed by atoms with Gasteiger partial charge in [0, 0.05) is 19.5 Å². The van der Waals surface area contributed by atoms with E-state index >= 15 is 0 Å². The van der Waals surface area contributed by atoms with Gasteiger partial charge in [-0.1, -0.05) is 0 Å². The molecule has 0 spiro atoms. The maximum absolute atomic E-state index is 12.3. The van der Waals surface area contributed by atoms with Gasteiger partial charge < -0.3 is 37.6 Å². The highest BCUT2D eigenvalue weighted by Crippen LogP contribution is 2.18. The highest BCUT2D eigenvalue weighted by Gasteiger charge is 2.39. The number of carboxylic acids is 1. The molecule has 3 atom stereocenters. The first-order valence-corrected chi connectivity index (χ1v) is 7.52. The Labute approximate surface area is 138 Å². The first-order chi connectivity index (χ1) is 11.3. The van der Waals surface area contributed by atoms with Crippen LogP contribution >= 0.6 is 0 Å². The van der Waals surface area contributed by atoms with Crippen molar-refractivity contribution in [2.24, 2.45) is 22.2 Å². The molecule has 0 aromatic heterocycles. The van der Waals surface area contributed by atoms with Gasteiger partial charge in [-0.2, -0.15) is 0 Å². The molecule has 9 N–H and O–H groups in total. The van der Waals surface area contributed by atoms with Crippen molar-refractivity contribution in [2.75, 3.05) is 19.6 Å². The lowest BCUT2D eigenvalue weighted by atomic mass is 10.1. The van der Waals surface area contributed by atoms with Crippen LogP contribution in [0.4, 0.5) is 0 Å². The Morgan fingerprint density at radius 1 is 1.33 bits per heavy atom. The Morgan fingerprint density at radius 3 is 2.54 bits per heavy atom. The van der Waals surface area contributed by atoms with E-state index in [4.69, 9.17) is 17.2 Å². The van der Waals surface area contributed by atoms with Crippen molar-refractivity contribution in [1.29, 1.82) is 0 Å². The first-order valence-electron chi connectivity index (χ1n) is 7.52. The fourth-order valence-corrected chi connectivity index (χ4v) is 2.48. The average molecular weight is 344 g/mol. The number of nitrogens with two attached hydrogens (primary N) is 3. The molecule has 24 heavy (non-hydrogen) atoms. The maximum Gasteiger partial charge on any atom is 0.326 e. The summed E-state index contributed by atoms with van der Waals surface area (Å²) < 4.78 is 0. The van der Waals surface area contributed by atoms with Gasteiger partial charge in [-0.15, -0.1) is 0 Å². The van der Waals surface area contributed by atoms with Crippen LogP contribution in [0.25, 0.3) is 0 Å². The van der Waals surface area contributed by atoms with Crippen molar-refractivity contribution in [2.45, 2.75) is 37.5 Å². The molecule has 0 radical (unpaired) electrons. The summed E-state index contributed by atoms with van der Waals surface area (Å²) in [4.78, 5) is 40.2. The number of aliphatic hydroxyl groups excluding tert-OH is 1. The number of aliphatic hydroxyl groups is 1. The minimum atomic E-state index is -1.21. The van der Waals surface area contributed by atoms with Crippen LogP contribution in [0.15, 0.2) is 4.99 Å². The van der Waals surface area contributed by atoms with Gasteiger partial charge in [0.15, 0.2) is 5.96 Å². The molecular weight excluding hydrogens is 320 g/mol. The highest BCUT2D eigenvalue weighted by molar-refractivity contribution is 5.91. The SMILES string of the molecule is NCC(=O)N1C[C@H](O)C[C@H]1C(=O)N[C@@H](CCCN=C(N)N)C(=O)O. The smallest absolute Gasteiger partial charge is 0.326 e. The molecule has 1 rings (SSSR count). The van der Waals surface area contributed by atoms with E-state index in [0.717, 1.165) is 0 Å². The third kappa shape index (κ3) is 5.66. The van der Waals surface area contributed by atoms with E-state index in [0.29, 0.717) is 6.42 Å². The van der Waals surface area contributed by atoms with Crippen molar-refractivity contribution < 1.29 is 24.6 Å². The standard InChI is InChI=1S/C13H24N6O5/c14-5-10(21)19-6-7(20)4-9(19)11(22)18-8(12(23)24)2-1-3-17-13(15)16/h7-9,20H,1-6,14H2,(H,18,22)(H,23,24)(H4,15,16,17)/t7-,8+,9+/m1/s1. The van der Waals surface area contributed by atoms with Crippen molar-refractivity contribution in [3.63, 3.8) is 0 Å². The Kier molecular flexibility index (Phi) is 7.39. The summed E-state index contributed by atoms with van der Waals surface area (Å²) in [5.74, 6) is -2.42. The number of carbonyl (C=O) groups excluding carboxylic acids is 2.